The Bertz CT molecular complexity index is 317. The SMILES string of the molecule is CCOC1CC(N(C)C(=O)[C@@H](C)N)C12CCCC2.Cl. The van der Waals surface area contributed by atoms with E-state index in [1.807, 2.05) is 18.9 Å². The number of likely N-dealkylation sites (N-methyl/N-ethyl adjacent to an activating group) is 1. The van der Waals surface area contributed by atoms with Gasteiger partial charge in [0, 0.05) is 25.1 Å². The molecule has 112 valence electrons. The van der Waals surface area contributed by atoms with Crippen LogP contribution in [-0.4, -0.2) is 42.6 Å². The molecule has 2 fully saturated rings. The Hall–Kier alpha value is -0.320. The maximum Gasteiger partial charge on any atom is 0.239 e. The highest BCUT2D eigenvalue weighted by Gasteiger charge is 2.58. The van der Waals surface area contributed by atoms with Gasteiger partial charge in [0.2, 0.25) is 5.91 Å². The Morgan fingerprint density at radius 2 is 2.05 bits per heavy atom. The van der Waals surface area contributed by atoms with Crippen molar-refractivity contribution >= 4 is 18.3 Å². The molecule has 3 atom stereocenters. The molecule has 4 nitrogen and oxygen atoms in total. The molecule has 0 aromatic carbocycles. The molecule has 1 spiro atoms. The van der Waals surface area contributed by atoms with Crippen molar-refractivity contribution < 1.29 is 9.53 Å². The molecular formula is C14H27ClN2O2. The summed E-state index contributed by atoms with van der Waals surface area (Å²) in [5.41, 5.74) is 5.93. The standard InChI is InChI=1S/C14H26N2O2.ClH/c1-4-18-12-9-11(14(12)7-5-6-8-14)16(3)13(17)10(2)15;/h10-12H,4-9,15H2,1-3H3;1H/t10-,11?,12?;/m1./s1. The lowest BCUT2D eigenvalue weighted by Crippen LogP contribution is -2.65. The number of halogens is 1. The molecule has 0 aromatic rings. The van der Waals surface area contributed by atoms with Crippen LogP contribution in [0.25, 0.3) is 0 Å². The number of nitrogens with two attached hydrogens (primary N) is 1. The molecule has 2 rings (SSSR count). The van der Waals surface area contributed by atoms with Crippen LogP contribution in [0.2, 0.25) is 0 Å². The number of amides is 1. The third kappa shape index (κ3) is 2.76. The van der Waals surface area contributed by atoms with Gasteiger partial charge in [0.15, 0.2) is 0 Å². The highest BCUT2D eigenvalue weighted by Crippen LogP contribution is 2.56. The highest BCUT2D eigenvalue weighted by atomic mass is 35.5. The Balaban J connectivity index is 0.00000180. The molecule has 1 amide bonds. The van der Waals surface area contributed by atoms with Gasteiger partial charge in [-0.1, -0.05) is 12.8 Å². The van der Waals surface area contributed by atoms with Gasteiger partial charge in [0.1, 0.15) is 0 Å². The fourth-order valence-electron chi connectivity index (χ4n) is 3.87. The molecule has 5 heteroatoms. The largest absolute Gasteiger partial charge is 0.378 e. The van der Waals surface area contributed by atoms with E-state index < -0.39 is 6.04 Å². The van der Waals surface area contributed by atoms with E-state index in [1.54, 1.807) is 6.92 Å². The Kier molecular flexibility index (Phi) is 5.65. The van der Waals surface area contributed by atoms with E-state index in [9.17, 15) is 4.79 Å². The number of hydrogen-bond acceptors (Lipinski definition) is 3. The zero-order chi connectivity index (χ0) is 13.3. The lowest BCUT2D eigenvalue weighted by atomic mass is 9.60. The van der Waals surface area contributed by atoms with Gasteiger partial charge in [0.05, 0.1) is 12.1 Å². The summed E-state index contributed by atoms with van der Waals surface area (Å²) in [5.74, 6) is 0.0567. The molecule has 0 bridgehead atoms. The predicted molar refractivity (Wildman–Crippen MR) is 78.4 cm³/mol. The smallest absolute Gasteiger partial charge is 0.239 e. The van der Waals surface area contributed by atoms with Crippen LogP contribution in [-0.2, 0) is 9.53 Å². The highest BCUT2D eigenvalue weighted by molar-refractivity contribution is 5.85. The van der Waals surface area contributed by atoms with Gasteiger partial charge in [0.25, 0.3) is 0 Å². The Morgan fingerprint density at radius 3 is 2.53 bits per heavy atom. The van der Waals surface area contributed by atoms with Crippen molar-refractivity contribution in [3.63, 3.8) is 0 Å². The fourth-order valence-corrected chi connectivity index (χ4v) is 3.87. The monoisotopic (exact) mass is 290 g/mol. The van der Waals surface area contributed by atoms with E-state index in [-0.39, 0.29) is 23.7 Å². The first-order chi connectivity index (χ1) is 8.53. The molecule has 0 aliphatic heterocycles. The Morgan fingerprint density at radius 1 is 1.47 bits per heavy atom. The lowest BCUT2D eigenvalue weighted by Gasteiger charge is -2.57. The van der Waals surface area contributed by atoms with E-state index in [4.69, 9.17) is 10.5 Å². The van der Waals surface area contributed by atoms with Gasteiger partial charge in [-0.05, 0) is 33.1 Å². The summed E-state index contributed by atoms with van der Waals surface area (Å²) in [6.45, 7) is 4.58. The summed E-state index contributed by atoms with van der Waals surface area (Å²) in [7, 11) is 1.90. The molecule has 2 saturated carbocycles. The van der Waals surface area contributed by atoms with Crippen molar-refractivity contribution in [3.8, 4) is 0 Å². The topological polar surface area (TPSA) is 55.6 Å². The summed E-state index contributed by atoms with van der Waals surface area (Å²) in [6.07, 6.45) is 6.24. The van der Waals surface area contributed by atoms with E-state index in [0.29, 0.717) is 12.1 Å². The van der Waals surface area contributed by atoms with Gasteiger partial charge in [-0.15, -0.1) is 12.4 Å². The number of carbonyl (C=O) groups is 1. The zero-order valence-electron chi connectivity index (χ0n) is 12.2. The van der Waals surface area contributed by atoms with Gasteiger partial charge in [-0.2, -0.15) is 0 Å². The molecule has 2 aliphatic rings. The van der Waals surface area contributed by atoms with Crippen molar-refractivity contribution in [2.45, 2.75) is 64.1 Å². The Labute approximate surface area is 122 Å². The van der Waals surface area contributed by atoms with Crippen molar-refractivity contribution in [2.24, 2.45) is 11.1 Å². The van der Waals surface area contributed by atoms with Crippen molar-refractivity contribution in [1.29, 1.82) is 0 Å². The average Bonchev–Trinajstić information content (AvgIpc) is 2.84. The molecule has 2 unspecified atom stereocenters. The normalized spacial score (nSPS) is 29.5. The summed E-state index contributed by atoms with van der Waals surface area (Å²) in [5, 5.41) is 0. The minimum atomic E-state index is -0.403. The van der Waals surface area contributed by atoms with Crippen LogP contribution in [0, 0.1) is 5.41 Å². The molecule has 0 aromatic heterocycles. The molecule has 0 saturated heterocycles. The number of carbonyl (C=O) groups excluding carboxylic acids is 1. The molecule has 2 aliphatic carbocycles. The molecule has 19 heavy (non-hydrogen) atoms. The summed E-state index contributed by atoms with van der Waals surface area (Å²) >= 11 is 0. The van der Waals surface area contributed by atoms with E-state index in [0.717, 1.165) is 13.0 Å². The van der Waals surface area contributed by atoms with Crippen LogP contribution in [0.4, 0.5) is 0 Å². The lowest BCUT2D eigenvalue weighted by molar-refractivity contribution is -0.172. The van der Waals surface area contributed by atoms with Crippen LogP contribution in [0.3, 0.4) is 0 Å². The maximum atomic E-state index is 12.0. The zero-order valence-corrected chi connectivity index (χ0v) is 13.0. The predicted octanol–water partition coefficient (Wildman–Crippen LogP) is 1.95. The van der Waals surface area contributed by atoms with Crippen LogP contribution in [0.1, 0.15) is 46.0 Å². The molecule has 0 radical (unpaired) electrons. The number of nitrogens with zero attached hydrogens (tertiary/aromatic N) is 1. The first kappa shape index (κ1) is 16.7. The first-order valence-corrected chi connectivity index (χ1v) is 7.16. The van der Waals surface area contributed by atoms with E-state index in [1.165, 1.54) is 25.7 Å². The van der Waals surface area contributed by atoms with Crippen LogP contribution >= 0.6 is 12.4 Å². The second-order valence-corrected chi connectivity index (χ2v) is 5.87. The van der Waals surface area contributed by atoms with E-state index >= 15 is 0 Å². The minimum Gasteiger partial charge on any atom is -0.378 e. The third-order valence-electron chi connectivity index (χ3n) is 4.85. The van der Waals surface area contributed by atoms with Crippen LogP contribution in [0.15, 0.2) is 0 Å². The maximum absolute atomic E-state index is 12.0. The number of ether oxygens (including phenoxy) is 1. The van der Waals surface area contributed by atoms with Crippen molar-refractivity contribution in [3.05, 3.63) is 0 Å². The van der Waals surface area contributed by atoms with Crippen molar-refractivity contribution in [2.75, 3.05) is 13.7 Å². The quantitative estimate of drug-likeness (QED) is 0.861. The van der Waals surface area contributed by atoms with Gasteiger partial charge in [-0.25, -0.2) is 0 Å². The molecular weight excluding hydrogens is 264 g/mol. The second kappa shape index (κ2) is 6.42. The summed E-state index contributed by atoms with van der Waals surface area (Å²) in [4.78, 5) is 13.9. The van der Waals surface area contributed by atoms with Crippen LogP contribution in [0.5, 0.6) is 0 Å². The van der Waals surface area contributed by atoms with Crippen molar-refractivity contribution in [1.82, 2.24) is 4.90 Å². The fraction of sp³-hybridized carbons (Fsp3) is 0.929. The summed E-state index contributed by atoms with van der Waals surface area (Å²) < 4.78 is 5.87. The first-order valence-electron chi connectivity index (χ1n) is 7.16. The van der Waals surface area contributed by atoms with Gasteiger partial charge in [-0.3, -0.25) is 4.79 Å². The number of rotatable bonds is 4. The molecule has 0 heterocycles. The number of hydrogen-bond donors (Lipinski definition) is 1. The van der Waals surface area contributed by atoms with Gasteiger partial charge < -0.3 is 15.4 Å². The van der Waals surface area contributed by atoms with E-state index in [2.05, 4.69) is 0 Å². The van der Waals surface area contributed by atoms with Gasteiger partial charge >= 0.3 is 0 Å². The molecule has 2 N–H and O–H groups in total. The summed E-state index contributed by atoms with van der Waals surface area (Å²) in [6, 6.07) is -0.0744. The second-order valence-electron chi connectivity index (χ2n) is 5.87. The average molecular weight is 291 g/mol. The van der Waals surface area contributed by atoms with Crippen LogP contribution < -0.4 is 5.73 Å². The minimum absolute atomic E-state index is 0. The third-order valence-corrected chi connectivity index (χ3v) is 4.85.